The van der Waals surface area contributed by atoms with E-state index >= 15 is 0 Å². The van der Waals surface area contributed by atoms with Crippen molar-refractivity contribution in [3.63, 3.8) is 0 Å². The van der Waals surface area contributed by atoms with Crippen molar-refractivity contribution in [1.82, 2.24) is 20.6 Å². The molecule has 1 aliphatic rings. The van der Waals surface area contributed by atoms with Crippen LogP contribution in [0, 0.1) is 0 Å². The number of pyridine rings is 1. The van der Waals surface area contributed by atoms with Crippen LogP contribution in [-0.2, 0) is 4.74 Å². The summed E-state index contributed by atoms with van der Waals surface area (Å²) >= 11 is 5.21. The van der Waals surface area contributed by atoms with Crippen molar-refractivity contribution in [1.29, 1.82) is 0 Å². The molecule has 1 aromatic rings. The quantitative estimate of drug-likeness (QED) is 0.353. The number of morpholine rings is 1. The molecule has 6 nitrogen and oxygen atoms in total. The SMILES string of the molecule is C/C(=N/NC(=S)NCCCN1CCOCC1)c1cccnc1. The van der Waals surface area contributed by atoms with Gasteiger partial charge < -0.3 is 10.1 Å². The van der Waals surface area contributed by atoms with E-state index in [2.05, 4.69) is 25.7 Å². The second-order valence-electron chi connectivity index (χ2n) is 5.11. The lowest BCUT2D eigenvalue weighted by Crippen LogP contribution is -2.39. The Bertz CT molecular complexity index is 488. The molecule has 2 heterocycles. The smallest absolute Gasteiger partial charge is 0.186 e. The van der Waals surface area contributed by atoms with E-state index in [4.69, 9.17) is 17.0 Å². The maximum atomic E-state index is 5.33. The van der Waals surface area contributed by atoms with E-state index in [0.29, 0.717) is 5.11 Å². The molecule has 1 aromatic heterocycles. The summed E-state index contributed by atoms with van der Waals surface area (Å²) < 4.78 is 5.33. The third-order valence-electron chi connectivity index (χ3n) is 3.44. The minimum atomic E-state index is 0.546. The van der Waals surface area contributed by atoms with Gasteiger partial charge in [-0.05, 0) is 38.2 Å². The topological polar surface area (TPSA) is 61.8 Å². The second kappa shape index (κ2) is 9.45. The monoisotopic (exact) mass is 321 g/mol. The first kappa shape index (κ1) is 16.8. The number of aromatic nitrogens is 1. The van der Waals surface area contributed by atoms with Gasteiger partial charge in [0.2, 0.25) is 0 Å². The van der Waals surface area contributed by atoms with Crippen LogP contribution in [0.25, 0.3) is 0 Å². The summed E-state index contributed by atoms with van der Waals surface area (Å²) in [6, 6.07) is 3.85. The average Bonchev–Trinajstić information content (AvgIpc) is 2.58. The molecule has 1 saturated heterocycles. The first-order valence-corrected chi connectivity index (χ1v) is 7.95. The van der Waals surface area contributed by atoms with E-state index in [1.165, 1.54) is 0 Å². The van der Waals surface area contributed by atoms with Crippen molar-refractivity contribution in [2.45, 2.75) is 13.3 Å². The lowest BCUT2D eigenvalue weighted by Gasteiger charge is -2.26. The zero-order chi connectivity index (χ0) is 15.6. The summed E-state index contributed by atoms with van der Waals surface area (Å²) in [7, 11) is 0. The van der Waals surface area contributed by atoms with Gasteiger partial charge in [0.25, 0.3) is 0 Å². The third-order valence-corrected chi connectivity index (χ3v) is 3.68. The van der Waals surface area contributed by atoms with Crippen LogP contribution >= 0.6 is 12.2 Å². The van der Waals surface area contributed by atoms with Crippen molar-refractivity contribution in [3.05, 3.63) is 30.1 Å². The van der Waals surface area contributed by atoms with Gasteiger partial charge in [0.05, 0.1) is 18.9 Å². The van der Waals surface area contributed by atoms with Gasteiger partial charge in [0, 0.05) is 37.6 Å². The van der Waals surface area contributed by atoms with Crippen molar-refractivity contribution < 1.29 is 4.74 Å². The summed E-state index contributed by atoms with van der Waals surface area (Å²) in [6.45, 7) is 7.56. The number of hydrazone groups is 1. The Morgan fingerprint density at radius 1 is 1.45 bits per heavy atom. The Morgan fingerprint density at radius 3 is 3.00 bits per heavy atom. The molecule has 120 valence electrons. The Labute approximate surface area is 136 Å². The highest BCUT2D eigenvalue weighted by Gasteiger charge is 2.09. The van der Waals surface area contributed by atoms with E-state index in [9.17, 15) is 0 Å². The molecule has 0 aliphatic carbocycles. The number of rotatable bonds is 6. The summed E-state index contributed by atoms with van der Waals surface area (Å²) in [4.78, 5) is 6.48. The highest BCUT2D eigenvalue weighted by Crippen LogP contribution is 1.98. The second-order valence-corrected chi connectivity index (χ2v) is 5.52. The summed E-state index contributed by atoms with van der Waals surface area (Å²) in [5.41, 5.74) is 4.70. The van der Waals surface area contributed by atoms with Gasteiger partial charge in [-0.15, -0.1) is 0 Å². The largest absolute Gasteiger partial charge is 0.379 e. The molecular weight excluding hydrogens is 298 g/mol. The molecule has 7 heteroatoms. The summed E-state index contributed by atoms with van der Waals surface area (Å²) in [6.07, 6.45) is 4.57. The minimum absolute atomic E-state index is 0.546. The van der Waals surface area contributed by atoms with Crippen LogP contribution in [0.2, 0.25) is 0 Å². The van der Waals surface area contributed by atoms with Gasteiger partial charge in [-0.25, -0.2) is 0 Å². The third kappa shape index (κ3) is 6.05. The number of hydrogen-bond acceptors (Lipinski definition) is 5. The standard InChI is InChI=1S/C15H23N5OS/c1-13(14-4-2-5-16-12-14)18-19-15(22)17-6-3-7-20-8-10-21-11-9-20/h2,4-5,12H,3,6-11H2,1H3,(H2,17,19,22)/b18-13-. The molecule has 1 fully saturated rings. The molecule has 22 heavy (non-hydrogen) atoms. The van der Waals surface area contributed by atoms with Crippen LogP contribution in [-0.4, -0.2) is 60.1 Å². The lowest BCUT2D eigenvalue weighted by atomic mass is 10.2. The average molecular weight is 321 g/mol. The summed E-state index contributed by atoms with van der Waals surface area (Å²) in [5.74, 6) is 0. The van der Waals surface area contributed by atoms with Gasteiger partial charge >= 0.3 is 0 Å². The van der Waals surface area contributed by atoms with Crippen molar-refractivity contribution >= 4 is 23.0 Å². The van der Waals surface area contributed by atoms with Crippen molar-refractivity contribution in [2.75, 3.05) is 39.4 Å². The first-order chi connectivity index (χ1) is 10.8. The van der Waals surface area contributed by atoms with E-state index in [0.717, 1.165) is 57.1 Å². The molecule has 0 saturated carbocycles. The van der Waals surface area contributed by atoms with Gasteiger partial charge in [0.1, 0.15) is 0 Å². The fraction of sp³-hybridized carbons (Fsp3) is 0.533. The maximum Gasteiger partial charge on any atom is 0.186 e. The number of thiocarbonyl (C=S) groups is 1. The molecule has 0 bridgehead atoms. The van der Waals surface area contributed by atoms with E-state index in [-0.39, 0.29) is 0 Å². The number of nitrogens with zero attached hydrogens (tertiary/aromatic N) is 3. The highest BCUT2D eigenvalue weighted by molar-refractivity contribution is 7.80. The predicted octanol–water partition coefficient (Wildman–Crippen LogP) is 0.992. The van der Waals surface area contributed by atoms with Gasteiger partial charge in [-0.3, -0.25) is 15.3 Å². The van der Waals surface area contributed by atoms with E-state index < -0.39 is 0 Å². The normalized spacial score (nSPS) is 16.3. The Balaban J connectivity index is 1.61. The van der Waals surface area contributed by atoms with Crippen LogP contribution in [0.1, 0.15) is 18.9 Å². The van der Waals surface area contributed by atoms with Crippen LogP contribution < -0.4 is 10.7 Å². The van der Waals surface area contributed by atoms with Crippen LogP contribution in [0.4, 0.5) is 0 Å². The van der Waals surface area contributed by atoms with E-state index in [1.54, 1.807) is 12.4 Å². The molecule has 0 aromatic carbocycles. The van der Waals surface area contributed by atoms with Gasteiger partial charge in [-0.2, -0.15) is 5.10 Å². The highest BCUT2D eigenvalue weighted by atomic mass is 32.1. The number of hydrogen-bond donors (Lipinski definition) is 2. The van der Waals surface area contributed by atoms with E-state index in [1.807, 2.05) is 19.1 Å². The van der Waals surface area contributed by atoms with Crippen LogP contribution in [0.15, 0.2) is 29.6 Å². The number of ether oxygens (including phenoxy) is 1. The van der Waals surface area contributed by atoms with Crippen LogP contribution in [0.5, 0.6) is 0 Å². The lowest BCUT2D eigenvalue weighted by molar-refractivity contribution is 0.0376. The van der Waals surface area contributed by atoms with Crippen LogP contribution in [0.3, 0.4) is 0 Å². The molecule has 2 N–H and O–H groups in total. The van der Waals surface area contributed by atoms with Crippen molar-refractivity contribution in [3.8, 4) is 0 Å². The molecule has 0 radical (unpaired) electrons. The molecule has 1 aliphatic heterocycles. The molecule has 0 atom stereocenters. The maximum absolute atomic E-state index is 5.33. The Morgan fingerprint density at radius 2 is 2.27 bits per heavy atom. The zero-order valence-electron chi connectivity index (χ0n) is 12.9. The fourth-order valence-electron chi connectivity index (χ4n) is 2.14. The molecule has 2 rings (SSSR count). The Kier molecular flexibility index (Phi) is 7.21. The first-order valence-electron chi connectivity index (χ1n) is 7.54. The van der Waals surface area contributed by atoms with Gasteiger partial charge in [-0.1, -0.05) is 6.07 Å². The molecule has 0 spiro atoms. The molecule has 0 unspecified atom stereocenters. The minimum Gasteiger partial charge on any atom is -0.379 e. The molecular formula is C15H23N5OS. The van der Waals surface area contributed by atoms with Crippen molar-refractivity contribution in [2.24, 2.45) is 5.10 Å². The number of nitrogens with one attached hydrogen (secondary N) is 2. The molecule has 0 amide bonds. The fourth-order valence-corrected chi connectivity index (χ4v) is 2.29. The predicted molar refractivity (Wildman–Crippen MR) is 92.1 cm³/mol. The zero-order valence-corrected chi connectivity index (χ0v) is 13.7. The van der Waals surface area contributed by atoms with Gasteiger partial charge in [0.15, 0.2) is 5.11 Å². The Hall–Kier alpha value is -1.57. The summed E-state index contributed by atoms with van der Waals surface area (Å²) in [5, 5.41) is 7.97.